The van der Waals surface area contributed by atoms with Crippen LogP contribution in [-0.4, -0.2) is 36.1 Å². The SMILES string of the molecule is CCNC(C)C(C)N1CCCCCC1CC. The summed E-state index contributed by atoms with van der Waals surface area (Å²) in [7, 11) is 0. The number of rotatable bonds is 5. The first-order valence-corrected chi connectivity index (χ1v) is 7.19. The molecule has 3 atom stereocenters. The minimum absolute atomic E-state index is 0.608. The highest BCUT2D eigenvalue weighted by Gasteiger charge is 2.26. The van der Waals surface area contributed by atoms with Crippen LogP contribution in [0.1, 0.15) is 59.8 Å². The van der Waals surface area contributed by atoms with E-state index in [4.69, 9.17) is 0 Å². The van der Waals surface area contributed by atoms with Crippen molar-refractivity contribution in [2.45, 2.75) is 77.9 Å². The summed E-state index contributed by atoms with van der Waals surface area (Å²) < 4.78 is 0. The van der Waals surface area contributed by atoms with Gasteiger partial charge >= 0.3 is 0 Å². The van der Waals surface area contributed by atoms with Gasteiger partial charge in [-0.3, -0.25) is 4.90 Å². The van der Waals surface area contributed by atoms with E-state index >= 15 is 0 Å². The lowest BCUT2D eigenvalue weighted by molar-refractivity contribution is 0.119. The molecule has 1 N–H and O–H groups in total. The molecular formula is C14H30N2. The van der Waals surface area contributed by atoms with Crippen molar-refractivity contribution in [3.05, 3.63) is 0 Å². The molecule has 0 saturated carbocycles. The lowest BCUT2D eigenvalue weighted by Gasteiger charge is -2.38. The van der Waals surface area contributed by atoms with Crippen molar-refractivity contribution in [2.75, 3.05) is 13.1 Å². The fourth-order valence-electron chi connectivity index (χ4n) is 2.95. The molecule has 1 fully saturated rings. The van der Waals surface area contributed by atoms with Crippen molar-refractivity contribution < 1.29 is 0 Å². The van der Waals surface area contributed by atoms with Gasteiger partial charge in [-0.05, 0) is 46.2 Å². The maximum atomic E-state index is 3.57. The average molecular weight is 226 g/mol. The molecule has 1 aliphatic rings. The Balaban J connectivity index is 2.58. The molecule has 1 rings (SSSR count). The zero-order chi connectivity index (χ0) is 12.0. The maximum absolute atomic E-state index is 3.57. The van der Waals surface area contributed by atoms with Crippen LogP contribution in [0.4, 0.5) is 0 Å². The smallest absolute Gasteiger partial charge is 0.0221 e. The molecule has 0 bridgehead atoms. The molecule has 2 nitrogen and oxygen atoms in total. The Hall–Kier alpha value is -0.0800. The Morgan fingerprint density at radius 1 is 1.19 bits per heavy atom. The summed E-state index contributed by atoms with van der Waals surface area (Å²) in [6.45, 7) is 11.6. The van der Waals surface area contributed by atoms with Crippen LogP contribution in [0.15, 0.2) is 0 Å². The van der Waals surface area contributed by atoms with Gasteiger partial charge in [-0.2, -0.15) is 0 Å². The summed E-state index contributed by atoms with van der Waals surface area (Å²) in [5, 5.41) is 3.57. The van der Waals surface area contributed by atoms with E-state index in [1.807, 2.05) is 0 Å². The molecule has 0 aromatic carbocycles. The van der Waals surface area contributed by atoms with Crippen molar-refractivity contribution in [1.29, 1.82) is 0 Å². The van der Waals surface area contributed by atoms with Crippen molar-refractivity contribution in [3.8, 4) is 0 Å². The van der Waals surface area contributed by atoms with Gasteiger partial charge in [0.2, 0.25) is 0 Å². The quantitative estimate of drug-likeness (QED) is 0.775. The fourth-order valence-corrected chi connectivity index (χ4v) is 2.95. The fraction of sp³-hybridized carbons (Fsp3) is 1.00. The van der Waals surface area contributed by atoms with Gasteiger partial charge in [0.15, 0.2) is 0 Å². The van der Waals surface area contributed by atoms with Crippen LogP contribution in [0.2, 0.25) is 0 Å². The van der Waals surface area contributed by atoms with Gasteiger partial charge < -0.3 is 5.32 Å². The monoisotopic (exact) mass is 226 g/mol. The number of nitrogens with one attached hydrogen (secondary N) is 1. The molecule has 0 spiro atoms. The minimum Gasteiger partial charge on any atom is -0.313 e. The maximum Gasteiger partial charge on any atom is 0.0221 e. The van der Waals surface area contributed by atoms with Crippen molar-refractivity contribution in [2.24, 2.45) is 0 Å². The summed E-state index contributed by atoms with van der Waals surface area (Å²) >= 11 is 0. The minimum atomic E-state index is 0.608. The largest absolute Gasteiger partial charge is 0.313 e. The summed E-state index contributed by atoms with van der Waals surface area (Å²) in [4.78, 5) is 2.75. The van der Waals surface area contributed by atoms with Crippen LogP contribution in [-0.2, 0) is 0 Å². The lowest BCUT2D eigenvalue weighted by atomic mass is 10.0. The Morgan fingerprint density at radius 2 is 1.94 bits per heavy atom. The van der Waals surface area contributed by atoms with E-state index in [-0.39, 0.29) is 0 Å². The first-order chi connectivity index (χ1) is 7.70. The summed E-state index contributed by atoms with van der Waals surface area (Å²) in [6, 6.07) is 2.10. The molecule has 0 amide bonds. The summed E-state index contributed by atoms with van der Waals surface area (Å²) in [6.07, 6.45) is 6.95. The van der Waals surface area contributed by atoms with Gasteiger partial charge in [-0.15, -0.1) is 0 Å². The molecular weight excluding hydrogens is 196 g/mol. The summed E-state index contributed by atoms with van der Waals surface area (Å²) in [5.41, 5.74) is 0. The third-order valence-electron chi connectivity index (χ3n) is 4.17. The summed E-state index contributed by atoms with van der Waals surface area (Å²) in [5.74, 6) is 0. The van der Waals surface area contributed by atoms with Crippen LogP contribution < -0.4 is 5.32 Å². The molecule has 1 saturated heterocycles. The normalized spacial score (nSPS) is 27.4. The van der Waals surface area contributed by atoms with Crippen molar-refractivity contribution in [1.82, 2.24) is 10.2 Å². The second-order valence-electron chi connectivity index (χ2n) is 5.24. The highest BCUT2D eigenvalue weighted by atomic mass is 15.2. The number of hydrogen-bond acceptors (Lipinski definition) is 2. The molecule has 16 heavy (non-hydrogen) atoms. The first kappa shape index (κ1) is 14.0. The van der Waals surface area contributed by atoms with Crippen molar-refractivity contribution >= 4 is 0 Å². The molecule has 0 aromatic rings. The predicted molar refractivity (Wildman–Crippen MR) is 71.9 cm³/mol. The number of hydrogen-bond donors (Lipinski definition) is 1. The number of likely N-dealkylation sites (N-methyl/N-ethyl adjacent to an activating group) is 1. The molecule has 0 radical (unpaired) electrons. The highest BCUT2D eigenvalue weighted by Crippen LogP contribution is 2.22. The Bertz CT molecular complexity index is 182. The van der Waals surface area contributed by atoms with E-state index < -0.39 is 0 Å². The van der Waals surface area contributed by atoms with E-state index in [0.29, 0.717) is 12.1 Å². The molecule has 0 aromatic heterocycles. The zero-order valence-electron chi connectivity index (χ0n) is 11.6. The lowest BCUT2D eigenvalue weighted by Crippen LogP contribution is -2.50. The van der Waals surface area contributed by atoms with Crippen LogP contribution in [0.3, 0.4) is 0 Å². The topological polar surface area (TPSA) is 15.3 Å². The third-order valence-corrected chi connectivity index (χ3v) is 4.17. The Kier molecular flexibility index (Phi) is 6.37. The van der Waals surface area contributed by atoms with Gasteiger partial charge in [0.05, 0.1) is 0 Å². The predicted octanol–water partition coefficient (Wildman–Crippen LogP) is 3.03. The van der Waals surface area contributed by atoms with Gasteiger partial charge in [0.1, 0.15) is 0 Å². The van der Waals surface area contributed by atoms with E-state index in [9.17, 15) is 0 Å². The van der Waals surface area contributed by atoms with Crippen LogP contribution in [0.5, 0.6) is 0 Å². The standard InChI is InChI=1S/C14H30N2/c1-5-14-10-8-7-9-11-16(14)13(4)12(3)15-6-2/h12-15H,5-11H2,1-4H3. The zero-order valence-corrected chi connectivity index (χ0v) is 11.6. The molecule has 96 valence electrons. The highest BCUT2D eigenvalue weighted by molar-refractivity contribution is 4.84. The van der Waals surface area contributed by atoms with E-state index in [1.165, 1.54) is 38.6 Å². The molecule has 1 heterocycles. The van der Waals surface area contributed by atoms with Crippen LogP contribution in [0.25, 0.3) is 0 Å². The molecule has 3 unspecified atom stereocenters. The number of likely N-dealkylation sites (tertiary alicyclic amines) is 1. The average Bonchev–Trinajstić information content (AvgIpc) is 2.53. The second-order valence-corrected chi connectivity index (χ2v) is 5.24. The Labute approximate surface area is 102 Å². The van der Waals surface area contributed by atoms with E-state index in [0.717, 1.165) is 12.6 Å². The van der Waals surface area contributed by atoms with Crippen LogP contribution in [0, 0.1) is 0 Å². The van der Waals surface area contributed by atoms with E-state index in [2.05, 4.69) is 37.9 Å². The Morgan fingerprint density at radius 3 is 2.56 bits per heavy atom. The second kappa shape index (κ2) is 7.29. The van der Waals surface area contributed by atoms with Gasteiger partial charge in [0, 0.05) is 18.1 Å². The van der Waals surface area contributed by atoms with Gasteiger partial charge in [-0.1, -0.05) is 26.7 Å². The molecule has 1 aliphatic heterocycles. The van der Waals surface area contributed by atoms with Gasteiger partial charge in [-0.25, -0.2) is 0 Å². The van der Waals surface area contributed by atoms with Crippen LogP contribution >= 0.6 is 0 Å². The van der Waals surface area contributed by atoms with E-state index in [1.54, 1.807) is 0 Å². The molecule has 2 heteroatoms. The number of nitrogens with zero attached hydrogens (tertiary/aromatic N) is 1. The van der Waals surface area contributed by atoms with Gasteiger partial charge in [0.25, 0.3) is 0 Å². The van der Waals surface area contributed by atoms with Crippen molar-refractivity contribution in [3.63, 3.8) is 0 Å². The third kappa shape index (κ3) is 3.74. The molecule has 0 aliphatic carbocycles. The first-order valence-electron chi connectivity index (χ1n) is 7.19.